The molecule has 0 saturated heterocycles. The third kappa shape index (κ3) is 2.29. The number of fused-ring (bicyclic) bond motifs is 3. The van der Waals surface area contributed by atoms with E-state index in [2.05, 4.69) is 0 Å². The van der Waals surface area contributed by atoms with E-state index in [0.29, 0.717) is 23.3 Å². The first-order valence-corrected chi connectivity index (χ1v) is 7.79. The highest BCUT2D eigenvalue weighted by atomic mass is 16.6. The smallest absolute Gasteiger partial charge is 0.376 e. The van der Waals surface area contributed by atoms with Crippen molar-refractivity contribution >= 4 is 17.7 Å². The zero-order valence-electron chi connectivity index (χ0n) is 14.0. The standard InChI is InChI=1S/C18H18O6/c1-5-9(2)16(20)23-15-14-12-8-22-10(3)6-11(12)7-13(19)18(14,4)24-17(15)21/h6-9H,5H2,1-4H3. The number of allylic oxidation sites excluding steroid dienone is 3. The Morgan fingerprint density at radius 1 is 1.33 bits per heavy atom. The first-order valence-electron chi connectivity index (χ1n) is 7.79. The van der Waals surface area contributed by atoms with Crippen LogP contribution in [0.3, 0.4) is 0 Å². The lowest BCUT2D eigenvalue weighted by atomic mass is 9.77. The number of esters is 2. The van der Waals surface area contributed by atoms with Gasteiger partial charge in [-0.25, -0.2) is 4.79 Å². The molecule has 2 heterocycles. The highest BCUT2D eigenvalue weighted by Gasteiger charge is 2.55. The molecule has 0 aromatic carbocycles. The molecule has 126 valence electrons. The van der Waals surface area contributed by atoms with E-state index in [1.54, 1.807) is 19.9 Å². The first kappa shape index (κ1) is 16.2. The van der Waals surface area contributed by atoms with Crippen LogP contribution in [0.25, 0.3) is 0 Å². The van der Waals surface area contributed by atoms with Gasteiger partial charge in [-0.3, -0.25) is 9.59 Å². The Morgan fingerprint density at radius 3 is 2.71 bits per heavy atom. The fourth-order valence-corrected chi connectivity index (χ4v) is 2.77. The Morgan fingerprint density at radius 2 is 2.04 bits per heavy atom. The maximum atomic E-state index is 12.5. The zero-order valence-corrected chi connectivity index (χ0v) is 14.0. The summed E-state index contributed by atoms with van der Waals surface area (Å²) in [6.45, 7) is 6.79. The molecule has 6 heteroatoms. The van der Waals surface area contributed by atoms with Crippen LogP contribution in [0.15, 0.2) is 46.7 Å². The van der Waals surface area contributed by atoms with Crippen LogP contribution in [-0.2, 0) is 28.6 Å². The lowest BCUT2D eigenvalue weighted by Crippen LogP contribution is -2.40. The fourth-order valence-electron chi connectivity index (χ4n) is 2.77. The number of ketones is 1. The van der Waals surface area contributed by atoms with Gasteiger partial charge in [0.2, 0.25) is 17.1 Å². The molecule has 2 atom stereocenters. The van der Waals surface area contributed by atoms with Crippen molar-refractivity contribution in [2.24, 2.45) is 5.92 Å². The molecule has 1 aliphatic carbocycles. The molecule has 0 saturated carbocycles. The fraction of sp³-hybridized carbons (Fsp3) is 0.389. The van der Waals surface area contributed by atoms with Crippen LogP contribution in [0.4, 0.5) is 0 Å². The van der Waals surface area contributed by atoms with Crippen LogP contribution >= 0.6 is 0 Å². The van der Waals surface area contributed by atoms with Gasteiger partial charge in [0.15, 0.2) is 0 Å². The molecule has 3 rings (SSSR count). The Bertz CT molecular complexity index is 779. The van der Waals surface area contributed by atoms with Crippen molar-refractivity contribution < 1.29 is 28.6 Å². The second-order valence-corrected chi connectivity index (χ2v) is 6.23. The number of ether oxygens (including phenoxy) is 3. The minimum atomic E-state index is -1.50. The van der Waals surface area contributed by atoms with Crippen molar-refractivity contribution in [1.82, 2.24) is 0 Å². The summed E-state index contributed by atoms with van der Waals surface area (Å²) in [6, 6.07) is 0. The van der Waals surface area contributed by atoms with Gasteiger partial charge < -0.3 is 14.2 Å². The van der Waals surface area contributed by atoms with Crippen LogP contribution in [0.2, 0.25) is 0 Å². The summed E-state index contributed by atoms with van der Waals surface area (Å²) in [6.07, 6.45) is 5.12. The average molecular weight is 330 g/mol. The van der Waals surface area contributed by atoms with Crippen molar-refractivity contribution in [2.75, 3.05) is 0 Å². The Labute approximate surface area is 139 Å². The summed E-state index contributed by atoms with van der Waals surface area (Å²) < 4.78 is 16.0. The van der Waals surface area contributed by atoms with E-state index in [4.69, 9.17) is 14.2 Å². The molecule has 0 spiro atoms. The van der Waals surface area contributed by atoms with E-state index >= 15 is 0 Å². The van der Waals surface area contributed by atoms with Gasteiger partial charge in [0, 0.05) is 5.57 Å². The minimum Gasteiger partial charge on any atom is -0.469 e. The minimum absolute atomic E-state index is 0.232. The van der Waals surface area contributed by atoms with Gasteiger partial charge in [0.25, 0.3) is 0 Å². The molecule has 0 amide bonds. The predicted octanol–water partition coefficient (Wildman–Crippen LogP) is 2.47. The second kappa shape index (κ2) is 5.47. The lowest BCUT2D eigenvalue weighted by Gasteiger charge is -2.30. The van der Waals surface area contributed by atoms with E-state index in [1.165, 1.54) is 19.3 Å². The molecule has 0 radical (unpaired) electrons. The van der Waals surface area contributed by atoms with Crippen LogP contribution in [0, 0.1) is 5.92 Å². The molecule has 0 aromatic rings. The summed E-state index contributed by atoms with van der Waals surface area (Å²) >= 11 is 0. The van der Waals surface area contributed by atoms with Crippen molar-refractivity contribution in [3.63, 3.8) is 0 Å². The molecule has 2 unspecified atom stereocenters. The Kier molecular flexibility index (Phi) is 3.70. The monoisotopic (exact) mass is 330 g/mol. The van der Waals surface area contributed by atoms with Gasteiger partial charge in [-0.15, -0.1) is 0 Å². The van der Waals surface area contributed by atoms with Gasteiger partial charge in [0.05, 0.1) is 17.8 Å². The maximum absolute atomic E-state index is 12.5. The van der Waals surface area contributed by atoms with E-state index in [-0.39, 0.29) is 23.0 Å². The van der Waals surface area contributed by atoms with E-state index in [1.807, 2.05) is 6.92 Å². The SMILES string of the molecule is CCC(C)C(=O)OC1=C2C3=COC(C)=CC3=CC(=O)C2(C)OC1=O. The van der Waals surface area contributed by atoms with Gasteiger partial charge >= 0.3 is 11.9 Å². The summed E-state index contributed by atoms with van der Waals surface area (Å²) in [5.74, 6) is -1.72. The quantitative estimate of drug-likeness (QED) is 0.740. The number of carbonyl (C=O) groups is 3. The van der Waals surface area contributed by atoms with Gasteiger partial charge in [-0.05, 0) is 38.0 Å². The van der Waals surface area contributed by atoms with Crippen molar-refractivity contribution in [3.8, 4) is 0 Å². The summed E-state index contributed by atoms with van der Waals surface area (Å²) in [5, 5.41) is 0. The second-order valence-electron chi connectivity index (χ2n) is 6.23. The molecule has 0 fully saturated rings. The highest BCUT2D eigenvalue weighted by molar-refractivity contribution is 6.11. The number of rotatable bonds is 3. The van der Waals surface area contributed by atoms with Crippen molar-refractivity contribution in [2.45, 2.75) is 39.7 Å². The van der Waals surface area contributed by atoms with E-state index in [9.17, 15) is 14.4 Å². The van der Waals surface area contributed by atoms with Crippen LogP contribution in [-0.4, -0.2) is 23.3 Å². The largest absolute Gasteiger partial charge is 0.469 e. The molecule has 3 aliphatic rings. The molecular formula is C18H18O6. The summed E-state index contributed by atoms with van der Waals surface area (Å²) in [7, 11) is 0. The predicted molar refractivity (Wildman–Crippen MR) is 83.1 cm³/mol. The van der Waals surface area contributed by atoms with Crippen LogP contribution < -0.4 is 0 Å². The lowest BCUT2D eigenvalue weighted by molar-refractivity contribution is -0.158. The van der Waals surface area contributed by atoms with E-state index in [0.717, 1.165) is 0 Å². The molecule has 24 heavy (non-hydrogen) atoms. The third-order valence-electron chi connectivity index (χ3n) is 4.46. The highest BCUT2D eigenvalue weighted by Crippen LogP contribution is 2.46. The Hall–Kier alpha value is -2.63. The topological polar surface area (TPSA) is 78.9 Å². The van der Waals surface area contributed by atoms with Crippen molar-refractivity contribution in [3.05, 3.63) is 46.7 Å². The molecule has 6 nitrogen and oxygen atoms in total. The average Bonchev–Trinajstić information content (AvgIpc) is 2.79. The van der Waals surface area contributed by atoms with Gasteiger partial charge in [0.1, 0.15) is 5.76 Å². The Balaban J connectivity index is 2.12. The van der Waals surface area contributed by atoms with Crippen LogP contribution in [0.1, 0.15) is 34.1 Å². The molecule has 0 bridgehead atoms. The molecule has 0 N–H and O–H groups in total. The number of hydrogen-bond acceptors (Lipinski definition) is 6. The zero-order chi connectivity index (χ0) is 17.6. The first-order chi connectivity index (χ1) is 11.3. The van der Waals surface area contributed by atoms with Gasteiger partial charge in [-0.2, -0.15) is 0 Å². The molecule has 0 aromatic heterocycles. The van der Waals surface area contributed by atoms with Gasteiger partial charge in [-0.1, -0.05) is 13.8 Å². The van der Waals surface area contributed by atoms with Crippen LogP contribution in [0.5, 0.6) is 0 Å². The van der Waals surface area contributed by atoms with Crippen molar-refractivity contribution in [1.29, 1.82) is 0 Å². The molecular weight excluding hydrogens is 312 g/mol. The summed E-state index contributed by atoms with van der Waals surface area (Å²) in [4.78, 5) is 36.9. The number of hydrogen-bond donors (Lipinski definition) is 0. The van der Waals surface area contributed by atoms with E-state index < -0.39 is 17.5 Å². The normalized spacial score (nSPS) is 26.4. The number of carbonyl (C=O) groups excluding carboxylic acids is 3. The third-order valence-corrected chi connectivity index (χ3v) is 4.46. The maximum Gasteiger partial charge on any atom is 0.376 e. The molecule has 2 aliphatic heterocycles. The summed E-state index contributed by atoms with van der Waals surface area (Å²) in [5.41, 5.74) is -0.137.